The van der Waals surface area contributed by atoms with Crippen molar-refractivity contribution in [1.82, 2.24) is 0 Å². The first-order valence-corrected chi connectivity index (χ1v) is 3.26. The summed E-state index contributed by atoms with van der Waals surface area (Å²) < 4.78 is 2.00. The van der Waals surface area contributed by atoms with E-state index in [1.165, 1.54) is 25.4 Å². The van der Waals surface area contributed by atoms with Gasteiger partial charge in [-0.1, -0.05) is 0 Å². The molecule has 0 unspecified atom stereocenters. The van der Waals surface area contributed by atoms with Crippen LogP contribution in [0.3, 0.4) is 0 Å². The van der Waals surface area contributed by atoms with Gasteiger partial charge >= 0.3 is 48.6 Å². The summed E-state index contributed by atoms with van der Waals surface area (Å²) >= 11 is 1.45. The summed E-state index contributed by atoms with van der Waals surface area (Å²) in [5, 5.41) is 0. The number of allylic oxidation sites excluding steroid dienone is 3. The van der Waals surface area contributed by atoms with Crippen molar-refractivity contribution < 1.29 is 19.4 Å². The Morgan fingerprint density at radius 2 is 2.00 bits per heavy atom. The summed E-state index contributed by atoms with van der Waals surface area (Å²) in [5.74, 6) is 0. The molecular weight excluding hydrogens is 244 g/mol. The fourth-order valence-corrected chi connectivity index (χ4v) is 0.435. The first-order chi connectivity index (χ1) is 2.91. The molecule has 0 nitrogen and oxygen atoms in total. The average molecular weight is 249 g/mol. The maximum atomic E-state index is 4.99. The van der Waals surface area contributed by atoms with Gasteiger partial charge in [-0.3, -0.25) is 0 Å². The first kappa shape index (κ1) is 6.04. The first-order valence-electron chi connectivity index (χ1n) is 1.57. The topological polar surface area (TPSA) is 0 Å². The Kier molecular flexibility index (Phi) is 5.07. The van der Waals surface area contributed by atoms with Crippen LogP contribution in [-0.4, -0.2) is 4.40 Å². The SMILES string of the molecule is [CH-]=CC=C[CH]=[W]. The van der Waals surface area contributed by atoms with Crippen molar-refractivity contribution in [3.8, 4) is 0 Å². The van der Waals surface area contributed by atoms with E-state index in [1.54, 1.807) is 6.08 Å². The molecule has 0 amide bonds. The van der Waals surface area contributed by atoms with Gasteiger partial charge in [0.15, 0.2) is 0 Å². The van der Waals surface area contributed by atoms with Crippen LogP contribution >= 0.6 is 0 Å². The Morgan fingerprint density at radius 1 is 1.33 bits per heavy atom. The Morgan fingerprint density at radius 3 is 2.17 bits per heavy atom. The zero-order valence-corrected chi connectivity index (χ0v) is 6.23. The Hall–Kier alpha value is 0.0383. The second-order valence-electron chi connectivity index (χ2n) is 0.713. The molecule has 0 radical (unpaired) electrons. The number of rotatable bonds is 2. The Bertz CT molecular complexity index is 62.0. The molecular formula is C5H5W-. The molecule has 6 heavy (non-hydrogen) atoms. The van der Waals surface area contributed by atoms with Crippen LogP contribution in [0, 0.1) is 6.58 Å². The summed E-state index contributed by atoms with van der Waals surface area (Å²) in [7, 11) is 0. The summed E-state index contributed by atoms with van der Waals surface area (Å²) in [5.41, 5.74) is 0. The third-order valence-corrected chi connectivity index (χ3v) is 0.865. The van der Waals surface area contributed by atoms with Crippen LogP contribution in [0.2, 0.25) is 0 Å². The number of hydrogen-bond donors (Lipinski definition) is 0. The van der Waals surface area contributed by atoms with Gasteiger partial charge in [0.25, 0.3) is 0 Å². The zero-order valence-electron chi connectivity index (χ0n) is 3.29. The minimum atomic E-state index is 1.45. The predicted molar refractivity (Wildman–Crippen MR) is 24.1 cm³/mol. The van der Waals surface area contributed by atoms with E-state index in [0.717, 1.165) is 0 Å². The molecule has 1 heteroatoms. The van der Waals surface area contributed by atoms with Crippen LogP contribution in [0.25, 0.3) is 0 Å². The van der Waals surface area contributed by atoms with E-state index in [-0.39, 0.29) is 0 Å². The molecule has 0 spiro atoms. The second kappa shape index (κ2) is 5.04. The molecule has 0 aliphatic rings. The molecule has 0 aliphatic carbocycles. The molecule has 0 aromatic heterocycles. The van der Waals surface area contributed by atoms with Crippen molar-refractivity contribution in [2.24, 2.45) is 0 Å². The molecule has 0 saturated heterocycles. The van der Waals surface area contributed by atoms with Crippen LogP contribution in [0.5, 0.6) is 0 Å². The normalized spacial score (nSPS) is 8.67. The van der Waals surface area contributed by atoms with Gasteiger partial charge in [-0.15, -0.1) is 0 Å². The van der Waals surface area contributed by atoms with Crippen LogP contribution in [0.15, 0.2) is 18.2 Å². The fraction of sp³-hybridized carbons (Fsp3) is 0. The van der Waals surface area contributed by atoms with E-state index in [9.17, 15) is 0 Å². The van der Waals surface area contributed by atoms with Gasteiger partial charge in [-0.25, -0.2) is 0 Å². The summed E-state index contributed by atoms with van der Waals surface area (Å²) in [6.07, 6.45) is 5.22. The molecule has 0 aromatic carbocycles. The van der Waals surface area contributed by atoms with Crippen molar-refractivity contribution in [1.29, 1.82) is 0 Å². The van der Waals surface area contributed by atoms with Crippen molar-refractivity contribution in [2.75, 3.05) is 0 Å². The standard InChI is InChI=1S/C5H5.W/c1-3-5-4-2;/h1-5H;/q-1;. The van der Waals surface area contributed by atoms with Gasteiger partial charge in [0.05, 0.1) is 0 Å². The van der Waals surface area contributed by atoms with Crippen molar-refractivity contribution in [3.05, 3.63) is 24.8 Å². The maximum absolute atomic E-state index is 4.99. The average Bonchev–Trinajstić information content (AvgIpc) is 1.61. The van der Waals surface area contributed by atoms with Gasteiger partial charge in [0.2, 0.25) is 0 Å². The van der Waals surface area contributed by atoms with Crippen LogP contribution in [-0.2, 0) is 19.4 Å². The third kappa shape index (κ3) is 4.04. The zero-order chi connectivity index (χ0) is 4.83. The summed E-state index contributed by atoms with van der Waals surface area (Å²) in [6.45, 7) is 4.99. The molecule has 0 aromatic rings. The van der Waals surface area contributed by atoms with Gasteiger partial charge in [0.1, 0.15) is 0 Å². The summed E-state index contributed by atoms with van der Waals surface area (Å²) in [6, 6.07) is 0. The van der Waals surface area contributed by atoms with Crippen molar-refractivity contribution >= 4 is 4.40 Å². The molecule has 0 N–H and O–H groups in total. The minimum absolute atomic E-state index is 1.45. The molecule has 32 valence electrons. The van der Waals surface area contributed by atoms with Crippen LogP contribution in [0.4, 0.5) is 0 Å². The van der Waals surface area contributed by atoms with E-state index in [2.05, 4.69) is 0 Å². The van der Waals surface area contributed by atoms with Gasteiger partial charge in [-0.2, -0.15) is 0 Å². The predicted octanol–water partition coefficient (Wildman–Crippen LogP) is 0.881. The van der Waals surface area contributed by atoms with E-state index in [0.29, 0.717) is 0 Å². The van der Waals surface area contributed by atoms with Crippen molar-refractivity contribution in [3.63, 3.8) is 0 Å². The fourth-order valence-electron chi connectivity index (χ4n) is 0.110. The Balaban J connectivity index is 3.17. The van der Waals surface area contributed by atoms with Gasteiger partial charge in [0, 0.05) is 0 Å². The van der Waals surface area contributed by atoms with E-state index in [1.807, 2.05) is 10.5 Å². The third-order valence-electron chi connectivity index (χ3n) is 0.301. The van der Waals surface area contributed by atoms with Crippen LogP contribution < -0.4 is 0 Å². The molecule has 0 bridgehead atoms. The molecule has 0 rings (SSSR count). The number of hydrogen-bond acceptors (Lipinski definition) is 0. The second-order valence-corrected chi connectivity index (χ2v) is 1.69. The molecule has 0 aliphatic heterocycles. The van der Waals surface area contributed by atoms with Gasteiger partial charge in [-0.05, 0) is 0 Å². The molecule has 0 saturated carbocycles. The van der Waals surface area contributed by atoms with Crippen LogP contribution in [0.1, 0.15) is 0 Å². The monoisotopic (exact) mass is 249 g/mol. The van der Waals surface area contributed by atoms with E-state index < -0.39 is 0 Å². The molecule has 0 heterocycles. The molecule has 0 atom stereocenters. The Labute approximate surface area is 49.0 Å². The quantitative estimate of drug-likeness (QED) is 0.503. The van der Waals surface area contributed by atoms with Gasteiger partial charge < -0.3 is 0 Å². The van der Waals surface area contributed by atoms with Crippen molar-refractivity contribution in [2.45, 2.75) is 0 Å². The van der Waals surface area contributed by atoms with E-state index >= 15 is 0 Å². The summed E-state index contributed by atoms with van der Waals surface area (Å²) in [4.78, 5) is 0. The van der Waals surface area contributed by atoms with E-state index in [4.69, 9.17) is 6.58 Å². The molecule has 0 fully saturated rings.